The molecule has 2 aromatic carbocycles. The fraction of sp³-hybridized carbons (Fsp3) is 0.455. The van der Waals surface area contributed by atoms with Crippen LogP contribution in [0, 0.1) is 6.92 Å². The standard InChI is InChI=1S/C22H32NO2P/c1-15-8-11-20(16(12-15)14-23-21(2,3)4)26-22(5,6)18-13-17(25-7)9-10-19(18)24/h8-13,23-24,26H,14H2,1-7H3. The molecule has 3 nitrogen and oxygen atoms in total. The Balaban J connectivity index is 2.34. The molecule has 4 heteroatoms. The minimum atomic E-state index is -0.190. The summed E-state index contributed by atoms with van der Waals surface area (Å²) in [5.74, 6) is 1.10. The van der Waals surface area contributed by atoms with Gasteiger partial charge in [0.25, 0.3) is 0 Å². The van der Waals surface area contributed by atoms with Crippen molar-refractivity contribution in [1.29, 1.82) is 0 Å². The second kappa shape index (κ2) is 7.98. The Morgan fingerprint density at radius 3 is 2.35 bits per heavy atom. The van der Waals surface area contributed by atoms with Crippen LogP contribution in [0.25, 0.3) is 0 Å². The van der Waals surface area contributed by atoms with Gasteiger partial charge >= 0.3 is 0 Å². The molecule has 1 atom stereocenters. The van der Waals surface area contributed by atoms with Crippen LogP contribution < -0.4 is 15.4 Å². The number of benzene rings is 2. The molecule has 0 bridgehead atoms. The molecule has 142 valence electrons. The zero-order valence-electron chi connectivity index (χ0n) is 17.0. The van der Waals surface area contributed by atoms with Gasteiger partial charge in [0, 0.05) is 22.8 Å². The largest absolute Gasteiger partial charge is 0.508 e. The van der Waals surface area contributed by atoms with Gasteiger partial charge in [0.2, 0.25) is 0 Å². The summed E-state index contributed by atoms with van der Waals surface area (Å²) in [7, 11) is 2.19. The number of phenols is 1. The molecule has 0 heterocycles. The van der Waals surface area contributed by atoms with Crippen molar-refractivity contribution in [1.82, 2.24) is 5.32 Å². The molecule has 0 aromatic heterocycles. The smallest absolute Gasteiger partial charge is 0.119 e. The van der Waals surface area contributed by atoms with Crippen LogP contribution in [0.4, 0.5) is 0 Å². The molecule has 0 saturated carbocycles. The monoisotopic (exact) mass is 373 g/mol. The van der Waals surface area contributed by atoms with Crippen LogP contribution in [-0.2, 0) is 11.7 Å². The van der Waals surface area contributed by atoms with Crippen molar-refractivity contribution in [3.63, 3.8) is 0 Å². The molecule has 2 rings (SSSR count). The van der Waals surface area contributed by atoms with Gasteiger partial charge in [0.15, 0.2) is 0 Å². The maximum atomic E-state index is 10.4. The van der Waals surface area contributed by atoms with E-state index < -0.39 is 0 Å². The molecule has 0 saturated heterocycles. The van der Waals surface area contributed by atoms with Gasteiger partial charge in [-0.2, -0.15) is 0 Å². The highest BCUT2D eigenvalue weighted by Gasteiger charge is 2.26. The highest BCUT2D eigenvalue weighted by atomic mass is 31.1. The first-order chi connectivity index (χ1) is 12.0. The van der Waals surface area contributed by atoms with Crippen LogP contribution in [0.2, 0.25) is 0 Å². The topological polar surface area (TPSA) is 41.5 Å². The van der Waals surface area contributed by atoms with Crippen molar-refractivity contribution < 1.29 is 9.84 Å². The van der Waals surface area contributed by atoms with Crippen LogP contribution in [0.1, 0.15) is 51.3 Å². The molecule has 26 heavy (non-hydrogen) atoms. The van der Waals surface area contributed by atoms with E-state index in [1.54, 1.807) is 19.2 Å². The van der Waals surface area contributed by atoms with Crippen molar-refractivity contribution in [2.24, 2.45) is 0 Å². The first-order valence-corrected chi connectivity index (χ1v) is 10.0. The maximum Gasteiger partial charge on any atom is 0.119 e. The third-order valence-corrected chi connectivity index (χ3v) is 6.05. The van der Waals surface area contributed by atoms with E-state index in [-0.39, 0.29) is 10.7 Å². The van der Waals surface area contributed by atoms with E-state index >= 15 is 0 Å². The molecule has 0 amide bonds. The van der Waals surface area contributed by atoms with Gasteiger partial charge in [0.05, 0.1) is 7.11 Å². The summed E-state index contributed by atoms with van der Waals surface area (Å²) in [6.45, 7) is 13.9. The molecule has 0 aliphatic heterocycles. The van der Waals surface area contributed by atoms with Crippen LogP contribution >= 0.6 is 8.58 Å². The van der Waals surface area contributed by atoms with Gasteiger partial charge in [-0.15, -0.1) is 0 Å². The molecule has 0 spiro atoms. The summed E-state index contributed by atoms with van der Waals surface area (Å²) in [6.07, 6.45) is 0. The van der Waals surface area contributed by atoms with Gasteiger partial charge in [-0.05, 0) is 56.8 Å². The number of rotatable bonds is 6. The molecule has 2 aromatic rings. The van der Waals surface area contributed by atoms with E-state index in [1.807, 2.05) is 6.07 Å². The normalized spacial score (nSPS) is 12.7. The molecular formula is C22H32NO2P. The number of ether oxygens (including phenoxy) is 1. The van der Waals surface area contributed by atoms with E-state index in [0.717, 1.165) is 17.9 Å². The molecule has 1 unspecified atom stereocenters. The van der Waals surface area contributed by atoms with E-state index in [9.17, 15) is 5.11 Å². The number of hydrogen-bond acceptors (Lipinski definition) is 3. The number of nitrogens with one attached hydrogen (secondary N) is 1. The lowest BCUT2D eigenvalue weighted by molar-refractivity contribution is 0.409. The Hall–Kier alpha value is -1.57. The Bertz CT molecular complexity index is 763. The lowest BCUT2D eigenvalue weighted by atomic mass is 10.0. The highest BCUT2D eigenvalue weighted by Crippen LogP contribution is 2.45. The van der Waals surface area contributed by atoms with Crippen molar-refractivity contribution in [2.75, 3.05) is 7.11 Å². The maximum absolute atomic E-state index is 10.4. The minimum Gasteiger partial charge on any atom is -0.508 e. The second-order valence-corrected chi connectivity index (χ2v) is 10.4. The molecule has 2 N–H and O–H groups in total. The van der Waals surface area contributed by atoms with Gasteiger partial charge in [-0.3, -0.25) is 0 Å². The van der Waals surface area contributed by atoms with E-state index in [2.05, 4.69) is 65.1 Å². The Kier molecular flexibility index (Phi) is 6.37. The van der Waals surface area contributed by atoms with E-state index in [1.165, 1.54) is 16.4 Å². The number of aryl methyl sites for hydroxylation is 1. The van der Waals surface area contributed by atoms with Gasteiger partial charge in [0.1, 0.15) is 11.5 Å². The zero-order chi connectivity index (χ0) is 19.5. The van der Waals surface area contributed by atoms with Gasteiger partial charge < -0.3 is 15.2 Å². The van der Waals surface area contributed by atoms with Crippen LogP contribution in [0.15, 0.2) is 36.4 Å². The van der Waals surface area contributed by atoms with E-state index in [0.29, 0.717) is 14.3 Å². The highest BCUT2D eigenvalue weighted by molar-refractivity contribution is 7.48. The summed E-state index contributed by atoms with van der Waals surface area (Å²) in [4.78, 5) is 0. The summed E-state index contributed by atoms with van der Waals surface area (Å²) in [6, 6.07) is 12.1. The average molecular weight is 373 g/mol. The fourth-order valence-electron chi connectivity index (χ4n) is 2.90. The summed E-state index contributed by atoms with van der Waals surface area (Å²) >= 11 is 0. The average Bonchev–Trinajstić information content (AvgIpc) is 2.54. The molecule has 0 fully saturated rings. The van der Waals surface area contributed by atoms with Crippen molar-refractivity contribution >= 4 is 13.9 Å². The summed E-state index contributed by atoms with van der Waals surface area (Å²) in [5, 5.41) is 15.1. The molecular weight excluding hydrogens is 341 g/mol. The van der Waals surface area contributed by atoms with Gasteiger partial charge in [-0.1, -0.05) is 46.2 Å². The van der Waals surface area contributed by atoms with Crippen molar-refractivity contribution in [3.05, 3.63) is 53.1 Å². The number of methoxy groups -OCH3 is 1. The first kappa shape index (κ1) is 20.7. The quantitative estimate of drug-likeness (QED) is 0.712. The van der Waals surface area contributed by atoms with E-state index in [4.69, 9.17) is 4.74 Å². The summed E-state index contributed by atoms with van der Waals surface area (Å²) in [5.41, 5.74) is 3.59. The molecule has 0 aliphatic carbocycles. The third-order valence-electron chi connectivity index (χ3n) is 4.39. The van der Waals surface area contributed by atoms with Crippen LogP contribution in [-0.4, -0.2) is 17.8 Å². The Morgan fingerprint density at radius 2 is 1.73 bits per heavy atom. The Labute approximate surface area is 160 Å². The van der Waals surface area contributed by atoms with Crippen molar-refractivity contribution in [3.8, 4) is 11.5 Å². The lowest BCUT2D eigenvalue weighted by Gasteiger charge is -2.29. The van der Waals surface area contributed by atoms with Gasteiger partial charge in [-0.25, -0.2) is 0 Å². The molecule has 0 aliphatic rings. The second-order valence-electron chi connectivity index (χ2n) is 8.40. The lowest BCUT2D eigenvalue weighted by Crippen LogP contribution is -2.36. The summed E-state index contributed by atoms with van der Waals surface area (Å²) < 4.78 is 5.35. The first-order valence-electron chi connectivity index (χ1n) is 9.02. The number of phenolic OH excluding ortho intramolecular Hbond substituents is 1. The Morgan fingerprint density at radius 1 is 1.04 bits per heavy atom. The fourth-order valence-corrected chi connectivity index (χ4v) is 4.39. The third kappa shape index (κ3) is 5.46. The van der Waals surface area contributed by atoms with Crippen LogP contribution in [0.3, 0.4) is 0 Å². The SMILES string of the molecule is COc1ccc(O)c(C(C)(C)Pc2ccc(C)cc2CNC(C)(C)C)c1. The molecule has 0 radical (unpaired) electrons. The van der Waals surface area contributed by atoms with Crippen molar-refractivity contribution in [2.45, 2.75) is 58.8 Å². The zero-order valence-corrected chi connectivity index (χ0v) is 18.0. The number of hydrogen-bond donors (Lipinski definition) is 2. The van der Waals surface area contributed by atoms with Crippen LogP contribution in [0.5, 0.6) is 11.5 Å². The predicted octanol–water partition coefficient (Wildman–Crippen LogP) is 4.84. The number of aromatic hydroxyl groups is 1. The predicted molar refractivity (Wildman–Crippen MR) is 113 cm³/mol. The minimum absolute atomic E-state index is 0.0741.